The number of aromatic hydroxyl groups is 1. The molecule has 0 saturated heterocycles. The van der Waals surface area contributed by atoms with Gasteiger partial charge in [0.05, 0.1) is 115 Å². The quantitative estimate of drug-likeness (QED) is 0.0114. The van der Waals surface area contributed by atoms with E-state index < -0.39 is 13.1 Å². The Bertz CT molecular complexity index is 6450. The van der Waals surface area contributed by atoms with Crippen LogP contribution in [0.1, 0.15) is 104 Å². The summed E-state index contributed by atoms with van der Waals surface area (Å²) in [5.41, 5.74) is 38.5. The zero-order valence-electron chi connectivity index (χ0n) is 77.2. The number of aryl methyl sites for hydroxylation is 4. The third kappa shape index (κ3) is 30.8. The van der Waals surface area contributed by atoms with Gasteiger partial charge in [-0.05, 0) is 243 Å². The largest absolute Gasteiger partial charge is 1.00 e. The SMILES string of the molecule is CCOC(=O)Cc1ccc(OC)cc1O.CCOC(=O)Cc1ccc(OC)cc1OCc1cc(-c2cccc(CN)c2)c2occ(C)c2c1.CCOC(=O)Cc1ccc(OC)cc1OCc1cc(Br)c2occ(C)c2c1.COc1ccc(CC(=O)O)c(OCc2cc(-c3cccc(CN)c3)c3occ(C)c3c2)c1.Cc1coc2c(Br)cc(CO)cc12.Cl.NCc1cccc(B(O)O)c1.[Li+].[OH-]. The maximum absolute atomic E-state index is 12.1. The van der Waals surface area contributed by atoms with Crippen molar-refractivity contribution in [1.82, 2.24) is 0 Å². The summed E-state index contributed by atoms with van der Waals surface area (Å²) in [5.74, 6) is 2.35. The number of halogens is 3. The van der Waals surface area contributed by atoms with E-state index in [9.17, 15) is 29.4 Å². The van der Waals surface area contributed by atoms with Gasteiger partial charge in [0.1, 0.15) is 88.1 Å². The fourth-order valence-corrected chi connectivity index (χ4v) is 15.2. The van der Waals surface area contributed by atoms with Gasteiger partial charge in [0, 0.05) is 98.8 Å². The van der Waals surface area contributed by atoms with Crippen LogP contribution in [-0.2, 0) is 105 Å². The average molecular weight is 1990 g/mol. The van der Waals surface area contributed by atoms with Crippen LogP contribution in [-0.4, -0.2) is 110 Å². The van der Waals surface area contributed by atoms with Crippen molar-refractivity contribution in [2.24, 2.45) is 17.2 Å². The summed E-state index contributed by atoms with van der Waals surface area (Å²) < 4.78 is 78.5. The van der Waals surface area contributed by atoms with Crippen LogP contribution in [0.3, 0.4) is 0 Å². The van der Waals surface area contributed by atoms with Crippen molar-refractivity contribution in [2.75, 3.05) is 48.3 Å². The Morgan fingerprint density at radius 1 is 0.393 bits per heavy atom. The first-order chi connectivity index (χ1) is 63.6. The summed E-state index contributed by atoms with van der Waals surface area (Å²) in [6, 6.07) is 60.0. The second-order valence-corrected chi connectivity index (χ2v) is 31.9. The summed E-state index contributed by atoms with van der Waals surface area (Å²) in [7, 11) is 4.87. The van der Waals surface area contributed by atoms with Gasteiger partial charge < -0.3 is 113 Å². The molecule has 0 spiro atoms. The molecule has 0 unspecified atom stereocenters. The van der Waals surface area contributed by atoms with Crippen LogP contribution < -0.4 is 74.7 Å². The Hall–Kier alpha value is -12.5. The number of furan rings is 4. The Morgan fingerprint density at radius 2 is 0.711 bits per heavy atom. The van der Waals surface area contributed by atoms with Gasteiger partial charge in [-0.15, -0.1) is 12.4 Å². The number of carboxylic acids is 1. The number of aliphatic hydroxyl groups is 1. The van der Waals surface area contributed by atoms with Gasteiger partial charge in [0.2, 0.25) is 0 Å². The van der Waals surface area contributed by atoms with Crippen molar-refractivity contribution in [3.63, 3.8) is 0 Å². The zero-order valence-corrected chi connectivity index (χ0v) is 81.2. The molecular formula is C103H110BBr2ClLiN3O24. The number of hydrogen-bond acceptors (Lipinski definition) is 26. The average Bonchev–Trinajstić information content (AvgIpc) is 1.67. The van der Waals surface area contributed by atoms with E-state index in [1.807, 2.05) is 119 Å². The Labute approximate surface area is 818 Å². The molecule has 0 saturated carbocycles. The van der Waals surface area contributed by atoms with Crippen molar-refractivity contribution in [2.45, 2.75) is 120 Å². The topological polar surface area (TPSA) is 422 Å². The van der Waals surface area contributed by atoms with Crippen LogP contribution >= 0.6 is 44.3 Å². The molecule has 0 aliphatic rings. The standard InChI is InChI=1S/C28H29NO5.C26H25NO5.C21H21BrO5.C11H14O4.C10H9BrO2.C7H10BNO2.ClH.Li.H2O/c1-4-32-27(30)13-22-8-9-23(31-3)14-26(22)33-17-20-11-24-18(2)16-34-28(24)25(12-20)21-7-5-6-19(10-21)15-29;1-16-14-32-26-22(16)9-18(10-23(26)19-5-3-4-17(8-19)13-27)15-31-24-12-21(30-2)7-6-20(24)11-25(28)29;1-4-25-20(23)9-15-5-6-16(24-3)10-19(15)26-12-14-7-17-13(2)11-27-21(17)18(22)8-14;1-3-15-11(13)6-8-4-5-9(14-2)7-10(8)12;1-6-5-13-10-8(6)2-7(4-12)3-9(10)11;9-5-6-2-1-3-7(4-6)8(10)11;;;/h5-12,14,16H,4,13,15,17,29H2,1-3H3;3-10,12,14H,11,13,15,27H2,1-2H3,(H,28,29);5-8,10-11H,4,9,12H2,1-3H3;4-5,7,12H,3,6H2,1-2H3;2-3,5,12H,4H2,1H3;1-4,10-11H,5,9H2;1H;;1H2/q;;;;;;;+1;/p-1. The van der Waals surface area contributed by atoms with Gasteiger partial charge >= 0.3 is 49.9 Å². The molecule has 0 aliphatic carbocycles. The molecule has 15 rings (SSSR count). The molecule has 15 aromatic rings. The number of aliphatic hydroxyl groups excluding tert-OH is 1. The molecule has 0 fully saturated rings. The molecule has 32 heteroatoms. The van der Waals surface area contributed by atoms with Gasteiger partial charge in [-0.25, -0.2) is 0 Å². The molecule has 706 valence electrons. The van der Waals surface area contributed by atoms with Crippen molar-refractivity contribution in [3.05, 3.63) is 312 Å². The molecule has 0 radical (unpaired) electrons. The number of rotatable bonds is 31. The van der Waals surface area contributed by atoms with Crippen LogP contribution in [0.15, 0.2) is 246 Å². The number of carbonyl (C=O) groups excluding carboxylic acids is 3. The molecule has 0 aliphatic heterocycles. The molecule has 12 N–H and O–H groups in total. The molecule has 135 heavy (non-hydrogen) atoms. The fraction of sp³-hybridized carbons (Fsp3) is 0.243. The Balaban J connectivity index is 0.000000230. The van der Waals surface area contributed by atoms with Crippen LogP contribution in [0.2, 0.25) is 0 Å². The summed E-state index contributed by atoms with van der Waals surface area (Å²) in [6.07, 6.45) is 7.20. The minimum absolute atomic E-state index is 0. The molecule has 27 nitrogen and oxygen atoms in total. The zero-order chi connectivity index (χ0) is 95.1. The second-order valence-electron chi connectivity index (χ2n) is 30.2. The van der Waals surface area contributed by atoms with Gasteiger partial charge in [0.15, 0.2) is 0 Å². The number of hydrogen-bond donors (Lipinski definition) is 8. The Kier molecular flexibility index (Phi) is 43.9. The molecule has 4 heterocycles. The second kappa shape index (κ2) is 54.1. The van der Waals surface area contributed by atoms with E-state index >= 15 is 0 Å². The summed E-state index contributed by atoms with van der Waals surface area (Å²) in [6.45, 7) is 16.7. The van der Waals surface area contributed by atoms with Gasteiger partial charge in [0.25, 0.3) is 0 Å². The smallest absolute Gasteiger partial charge is 0.870 e. The van der Waals surface area contributed by atoms with E-state index in [0.717, 1.165) is 147 Å². The first-order valence-electron chi connectivity index (χ1n) is 42.3. The van der Waals surface area contributed by atoms with E-state index in [2.05, 4.69) is 62.2 Å². The van der Waals surface area contributed by atoms with E-state index in [-0.39, 0.29) is 99.3 Å². The van der Waals surface area contributed by atoms with Crippen LogP contribution in [0.4, 0.5) is 0 Å². The van der Waals surface area contributed by atoms with Crippen LogP contribution in [0, 0.1) is 27.7 Å². The Morgan fingerprint density at radius 3 is 1.06 bits per heavy atom. The number of phenols is 1. The van der Waals surface area contributed by atoms with Gasteiger partial charge in [-0.2, -0.15) is 0 Å². The number of fused-ring (bicyclic) bond motifs is 4. The third-order valence-electron chi connectivity index (χ3n) is 20.8. The first-order valence-corrected chi connectivity index (χ1v) is 43.9. The fourth-order valence-electron chi connectivity index (χ4n) is 14.0. The van der Waals surface area contributed by atoms with E-state index in [4.69, 9.17) is 97.4 Å². The normalized spacial score (nSPS) is 10.5. The minimum Gasteiger partial charge on any atom is -0.870 e. The predicted molar refractivity (Wildman–Crippen MR) is 524 cm³/mol. The molecule has 0 bridgehead atoms. The number of ether oxygens (including phenoxy) is 10. The van der Waals surface area contributed by atoms with E-state index in [1.54, 1.807) is 134 Å². The number of esters is 3. The summed E-state index contributed by atoms with van der Waals surface area (Å²) in [4.78, 5) is 46.3. The van der Waals surface area contributed by atoms with Gasteiger partial charge in [-0.3, -0.25) is 19.2 Å². The predicted octanol–water partition coefficient (Wildman–Crippen LogP) is 16.4. The number of carbonyl (C=O) groups is 4. The van der Waals surface area contributed by atoms with E-state index in [1.165, 1.54) is 13.2 Å². The number of carboxylic acid groups (broad SMARTS) is 1. The van der Waals surface area contributed by atoms with Crippen molar-refractivity contribution in [3.8, 4) is 68.2 Å². The maximum Gasteiger partial charge on any atom is 1.00 e. The van der Waals surface area contributed by atoms with Crippen molar-refractivity contribution >= 4 is 125 Å². The number of phenolic OH excluding ortho intramolecular Hbond substituents is 1. The number of nitrogens with two attached hydrogens (primary N) is 3. The summed E-state index contributed by atoms with van der Waals surface area (Å²) in [5, 5.41) is 49.4. The van der Waals surface area contributed by atoms with Crippen LogP contribution in [0.25, 0.3) is 66.1 Å². The first kappa shape index (κ1) is 110. The van der Waals surface area contributed by atoms with Gasteiger partial charge in [-0.1, -0.05) is 84.9 Å². The number of methoxy groups -OCH3 is 4. The minimum atomic E-state index is -1.40. The van der Waals surface area contributed by atoms with Crippen molar-refractivity contribution < 1.29 is 134 Å². The van der Waals surface area contributed by atoms with E-state index in [0.29, 0.717) is 110 Å². The van der Waals surface area contributed by atoms with Crippen LogP contribution in [0.5, 0.6) is 46.0 Å². The molecule has 4 aromatic heterocycles. The molecule has 0 amide bonds. The molecule has 0 atom stereocenters. The molecular weight excluding hydrogens is 1880 g/mol. The third-order valence-corrected chi connectivity index (χ3v) is 22.0. The van der Waals surface area contributed by atoms with Crippen molar-refractivity contribution in [1.29, 1.82) is 0 Å². The monoisotopic (exact) mass is 1980 g/mol. The summed E-state index contributed by atoms with van der Waals surface area (Å²) >= 11 is 6.94. The number of aliphatic carboxylic acids is 1. The maximum atomic E-state index is 12.1. The molecule has 11 aromatic carbocycles. The number of benzene rings is 11.